The van der Waals surface area contributed by atoms with Crippen LogP contribution in [0.1, 0.15) is 31.9 Å². The molecule has 2 rings (SSSR count). The number of rotatable bonds is 1. The second-order valence-corrected chi connectivity index (χ2v) is 4.97. The minimum absolute atomic E-state index is 0.482. The van der Waals surface area contributed by atoms with E-state index in [9.17, 15) is 0 Å². The highest BCUT2D eigenvalue weighted by atomic mass is 79.9. The van der Waals surface area contributed by atoms with Crippen LogP contribution >= 0.6 is 15.9 Å². The lowest BCUT2D eigenvalue weighted by Gasteiger charge is -2.25. The van der Waals surface area contributed by atoms with Gasteiger partial charge in [0.1, 0.15) is 5.82 Å². The maximum absolute atomic E-state index is 4.63. The number of aromatic nitrogens is 2. The Hall–Kier alpha value is -0.510. The average Bonchev–Trinajstić information content (AvgIpc) is 2.45. The van der Waals surface area contributed by atoms with Crippen LogP contribution in [0.15, 0.2) is 4.47 Å². The van der Waals surface area contributed by atoms with E-state index in [1.807, 2.05) is 0 Å². The van der Waals surface area contributed by atoms with Crippen LogP contribution in [0.2, 0.25) is 0 Å². The molecule has 3 nitrogen and oxygen atoms in total. The first-order valence-corrected chi connectivity index (χ1v) is 5.88. The molecule has 14 heavy (non-hydrogen) atoms. The molecule has 0 amide bonds. The number of hydrogen-bond donors (Lipinski definition) is 0. The van der Waals surface area contributed by atoms with Gasteiger partial charge in [0.25, 0.3) is 0 Å². The Morgan fingerprint density at radius 2 is 2.07 bits per heavy atom. The van der Waals surface area contributed by atoms with E-state index < -0.39 is 0 Å². The van der Waals surface area contributed by atoms with E-state index in [1.165, 1.54) is 22.4 Å². The van der Waals surface area contributed by atoms with Crippen molar-refractivity contribution < 1.29 is 0 Å². The molecule has 1 aromatic rings. The van der Waals surface area contributed by atoms with Gasteiger partial charge < -0.3 is 4.90 Å². The van der Waals surface area contributed by atoms with E-state index in [1.54, 1.807) is 0 Å². The van der Waals surface area contributed by atoms with Gasteiger partial charge in [0, 0.05) is 20.1 Å². The number of hydrogen-bond acceptors (Lipinski definition) is 2. The maximum atomic E-state index is 4.63. The zero-order valence-electron chi connectivity index (χ0n) is 8.92. The van der Waals surface area contributed by atoms with Crippen molar-refractivity contribution in [1.82, 2.24) is 9.78 Å². The van der Waals surface area contributed by atoms with Gasteiger partial charge in [-0.1, -0.05) is 13.8 Å². The summed E-state index contributed by atoms with van der Waals surface area (Å²) in [4.78, 5) is 2.27. The van der Waals surface area contributed by atoms with Gasteiger partial charge in [0.05, 0.1) is 10.2 Å². The summed E-state index contributed by atoms with van der Waals surface area (Å²) in [5.74, 6) is 1.72. The van der Waals surface area contributed by atoms with Crippen LogP contribution in [0.3, 0.4) is 0 Å². The average molecular weight is 258 g/mol. The Morgan fingerprint density at radius 3 is 2.64 bits per heavy atom. The SMILES string of the molecule is CC(C)c1nn2c(c1Br)N(C)CCC2. The van der Waals surface area contributed by atoms with E-state index in [-0.39, 0.29) is 0 Å². The first-order chi connectivity index (χ1) is 6.61. The molecule has 0 fully saturated rings. The van der Waals surface area contributed by atoms with Crippen LogP contribution in [0.4, 0.5) is 5.82 Å². The first kappa shape index (κ1) is 10.0. The van der Waals surface area contributed by atoms with Crippen LogP contribution in [-0.4, -0.2) is 23.4 Å². The van der Waals surface area contributed by atoms with E-state index in [0.717, 1.165) is 13.1 Å². The lowest BCUT2D eigenvalue weighted by atomic mass is 10.1. The normalized spacial score (nSPS) is 16.2. The molecule has 0 saturated carbocycles. The Bertz CT molecular complexity index is 343. The van der Waals surface area contributed by atoms with Gasteiger partial charge in [-0.25, -0.2) is 4.68 Å². The van der Waals surface area contributed by atoms with Crippen molar-refractivity contribution >= 4 is 21.7 Å². The number of fused-ring (bicyclic) bond motifs is 1. The zero-order valence-corrected chi connectivity index (χ0v) is 10.5. The van der Waals surface area contributed by atoms with Crippen molar-refractivity contribution in [3.05, 3.63) is 10.2 Å². The Morgan fingerprint density at radius 1 is 1.36 bits per heavy atom. The standard InChI is InChI=1S/C10H16BrN3/c1-7(2)9-8(11)10-13(3)5-4-6-14(10)12-9/h7H,4-6H2,1-3H3. The summed E-state index contributed by atoms with van der Waals surface area (Å²) >= 11 is 3.65. The molecule has 0 radical (unpaired) electrons. The third kappa shape index (κ3) is 1.45. The number of halogens is 1. The molecule has 0 atom stereocenters. The molecule has 4 heteroatoms. The monoisotopic (exact) mass is 257 g/mol. The molecular weight excluding hydrogens is 242 g/mol. The van der Waals surface area contributed by atoms with Gasteiger partial charge in [-0.15, -0.1) is 0 Å². The van der Waals surface area contributed by atoms with Crippen molar-refractivity contribution in [2.75, 3.05) is 18.5 Å². The molecule has 0 N–H and O–H groups in total. The van der Waals surface area contributed by atoms with E-state index in [0.29, 0.717) is 5.92 Å². The minimum atomic E-state index is 0.482. The van der Waals surface area contributed by atoms with Crippen molar-refractivity contribution in [1.29, 1.82) is 0 Å². The van der Waals surface area contributed by atoms with Crippen LogP contribution in [0.25, 0.3) is 0 Å². The first-order valence-electron chi connectivity index (χ1n) is 5.08. The van der Waals surface area contributed by atoms with Crippen LogP contribution in [0, 0.1) is 0 Å². The van der Waals surface area contributed by atoms with Crippen LogP contribution in [0.5, 0.6) is 0 Å². The summed E-state index contributed by atoms with van der Waals surface area (Å²) in [5, 5.41) is 4.63. The van der Waals surface area contributed by atoms with Crippen molar-refractivity contribution in [3.8, 4) is 0 Å². The van der Waals surface area contributed by atoms with Gasteiger partial charge in [-0.3, -0.25) is 0 Å². The molecule has 1 aliphatic heterocycles. The summed E-state index contributed by atoms with van der Waals surface area (Å²) in [5.41, 5.74) is 1.17. The lowest BCUT2D eigenvalue weighted by molar-refractivity contribution is 0.526. The molecule has 2 heterocycles. The van der Waals surface area contributed by atoms with E-state index in [2.05, 4.69) is 51.5 Å². The second kappa shape index (κ2) is 3.57. The fraction of sp³-hybridized carbons (Fsp3) is 0.700. The van der Waals surface area contributed by atoms with Gasteiger partial charge in [-0.05, 0) is 28.3 Å². The predicted molar refractivity (Wildman–Crippen MR) is 61.9 cm³/mol. The predicted octanol–water partition coefficient (Wildman–Crippen LogP) is 2.61. The van der Waals surface area contributed by atoms with Crippen molar-refractivity contribution in [3.63, 3.8) is 0 Å². The topological polar surface area (TPSA) is 21.1 Å². The fourth-order valence-corrected chi connectivity index (χ4v) is 2.95. The zero-order chi connectivity index (χ0) is 10.3. The summed E-state index contributed by atoms with van der Waals surface area (Å²) in [6.45, 7) is 6.53. The molecule has 0 saturated heterocycles. The van der Waals surface area contributed by atoms with Gasteiger partial charge in [0.15, 0.2) is 0 Å². The Kier molecular flexibility index (Phi) is 2.56. The highest BCUT2D eigenvalue weighted by Gasteiger charge is 2.23. The molecule has 0 unspecified atom stereocenters. The minimum Gasteiger partial charge on any atom is -0.359 e. The molecule has 0 bridgehead atoms. The summed E-state index contributed by atoms with van der Waals surface area (Å²) < 4.78 is 3.29. The number of nitrogens with zero attached hydrogens (tertiary/aromatic N) is 3. The van der Waals surface area contributed by atoms with E-state index in [4.69, 9.17) is 0 Å². The van der Waals surface area contributed by atoms with Crippen LogP contribution < -0.4 is 4.90 Å². The van der Waals surface area contributed by atoms with Crippen molar-refractivity contribution in [2.45, 2.75) is 32.7 Å². The lowest BCUT2D eigenvalue weighted by Crippen LogP contribution is -2.28. The van der Waals surface area contributed by atoms with Crippen LogP contribution in [-0.2, 0) is 6.54 Å². The summed E-state index contributed by atoms with van der Waals surface area (Å²) in [6.07, 6.45) is 1.19. The van der Waals surface area contributed by atoms with Gasteiger partial charge >= 0.3 is 0 Å². The molecular formula is C10H16BrN3. The van der Waals surface area contributed by atoms with Gasteiger partial charge in [0.2, 0.25) is 0 Å². The Labute approximate surface area is 93.2 Å². The molecule has 0 spiro atoms. The molecule has 1 aliphatic rings. The summed E-state index contributed by atoms with van der Waals surface area (Å²) in [6, 6.07) is 0. The third-order valence-corrected chi connectivity index (χ3v) is 3.43. The highest BCUT2D eigenvalue weighted by molar-refractivity contribution is 9.10. The largest absolute Gasteiger partial charge is 0.359 e. The van der Waals surface area contributed by atoms with E-state index >= 15 is 0 Å². The highest BCUT2D eigenvalue weighted by Crippen LogP contribution is 2.34. The summed E-state index contributed by atoms with van der Waals surface area (Å²) in [7, 11) is 2.13. The smallest absolute Gasteiger partial charge is 0.141 e. The Balaban J connectivity index is 2.49. The fourth-order valence-electron chi connectivity index (χ4n) is 1.90. The molecule has 1 aromatic heterocycles. The van der Waals surface area contributed by atoms with Gasteiger partial charge in [-0.2, -0.15) is 5.10 Å². The molecule has 0 aromatic carbocycles. The second-order valence-electron chi connectivity index (χ2n) is 4.18. The number of anilines is 1. The maximum Gasteiger partial charge on any atom is 0.141 e. The third-order valence-electron chi connectivity index (χ3n) is 2.67. The molecule has 78 valence electrons. The number of aryl methyl sites for hydroxylation is 1. The van der Waals surface area contributed by atoms with Crippen molar-refractivity contribution in [2.24, 2.45) is 0 Å². The molecule has 0 aliphatic carbocycles. The quantitative estimate of drug-likeness (QED) is 0.772.